The molecule has 21 heavy (non-hydrogen) atoms. The minimum absolute atomic E-state index is 0.118. The largest absolute Gasteiger partial charge is 0.349 e. The lowest BCUT2D eigenvalue weighted by atomic mass is 10.0. The van der Waals surface area contributed by atoms with Crippen LogP contribution in [0.4, 0.5) is 0 Å². The highest BCUT2D eigenvalue weighted by atomic mass is 16.1. The molecule has 2 aromatic rings. The molecule has 0 saturated carbocycles. The minimum Gasteiger partial charge on any atom is -0.349 e. The molecule has 0 unspecified atom stereocenters. The Kier molecular flexibility index (Phi) is 3.78. The van der Waals surface area contributed by atoms with Crippen molar-refractivity contribution in [3.8, 4) is 0 Å². The molecular formula is C17H21N3O. The van der Waals surface area contributed by atoms with Gasteiger partial charge < -0.3 is 5.32 Å². The number of aryl methyl sites for hydroxylation is 2. The highest BCUT2D eigenvalue weighted by Crippen LogP contribution is 2.35. The van der Waals surface area contributed by atoms with E-state index >= 15 is 0 Å². The normalized spacial score (nSPS) is 20.3. The highest BCUT2D eigenvalue weighted by molar-refractivity contribution is 5.77. The number of fused-ring (bicyclic) bond motifs is 1. The average molecular weight is 283 g/mol. The van der Waals surface area contributed by atoms with Gasteiger partial charge in [0.1, 0.15) is 0 Å². The van der Waals surface area contributed by atoms with Crippen LogP contribution in [-0.2, 0) is 24.7 Å². The van der Waals surface area contributed by atoms with Crippen molar-refractivity contribution < 1.29 is 4.79 Å². The Morgan fingerprint density at radius 1 is 1.43 bits per heavy atom. The monoisotopic (exact) mass is 283 g/mol. The average Bonchev–Trinajstić information content (AvgIpc) is 3.01. The number of nitrogens with zero attached hydrogens (tertiary/aromatic N) is 2. The Morgan fingerprint density at radius 3 is 3.00 bits per heavy atom. The van der Waals surface area contributed by atoms with E-state index in [1.807, 2.05) is 25.5 Å². The van der Waals surface area contributed by atoms with Gasteiger partial charge in [-0.2, -0.15) is 5.10 Å². The molecule has 3 rings (SSSR count). The van der Waals surface area contributed by atoms with E-state index in [2.05, 4.69) is 35.5 Å². The number of aromatic nitrogens is 2. The van der Waals surface area contributed by atoms with Gasteiger partial charge in [-0.05, 0) is 35.4 Å². The van der Waals surface area contributed by atoms with Gasteiger partial charge in [0.2, 0.25) is 5.91 Å². The van der Waals surface area contributed by atoms with Crippen LogP contribution in [0.15, 0.2) is 36.7 Å². The summed E-state index contributed by atoms with van der Waals surface area (Å²) in [5.74, 6) is 0.581. The van der Waals surface area contributed by atoms with Crippen LogP contribution in [0.5, 0.6) is 0 Å². The minimum atomic E-state index is 0.118. The molecule has 1 aromatic heterocycles. The van der Waals surface area contributed by atoms with E-state index in [0.29, 0.717) is 12.3 Å². The van der Waals surface area contributed by atoms with Gasteiger partial charge >= 0.3 is 0 Å². The number of carbonyl (C=O) groups excluding carboxylic acids is 1. The molecule has 2 atom stereocenters. The number of amides is 1. The number of rotatable bonds is 4. The predicted octanol–water partition coefficient (Wildman–Crippen LogP) is 2.40. The van der Waals surface area contributed by atoms with E-state index in [4.69, 9.17) is 0 Å². The summed E-state index contributed by atoms with van der Waals surface area (Å²) in [6, 6.07) is 8.56. The lowest BCUT2D eigenvalue weighted by Gasteiger charge is -2.18. The third-order valence-corrected chi connectivity index (χ3v) is 4.22. The van der Waals surface area contributed by atoms with Crippen molar-refractivity contribution in [1.29, 1.82) is 0 Å². The Bertz CT molecular complexity index is 647. The summed E-state index contributed by atoms with van der Waals surface area (Å²) in [5.41, 5.74) is 3.75. The molecule has 1 heterocycles. The van der Waals surface area contributed by atoms with Crippen LogP contribution in [0.25, 0.3) is 0 Å². The summed E-state index contributed by atoms with van der Waals surface area (Å²) in [7, 11) is 1.89. The first kappa shape index (κ1) is 13.9. The molecule has 1 aromatic carbocycles. The zero-order chi connectivity index (χ0) is 14.8. The topological polar surface area (TPSA) is 46.9 Å². The van der Waals surface area contributed by atoms with Crippen molar-refractivity contribution in [2.75, 3.05) is 0 Å². The van der Waals surface area contributed by atoms with Crippen LogP contribution in [0.2, 0.25) is 0 Å². The van der Waals surface area contributed by atoms with Crippen LogP contribution in [-0.4, -0.2) is 15.7 Å². The zero-order valence-electron chi connectivity index (χ0n) is 12.5. The molecular weight excluding hydrogens is 262 g/mol. The number of nitrogens with one attached hydrogen (secondary N) is 1. The molecule has 0 saturated heterocycles. The van der Waals surface area contributed by atoms with Crippen molar-refractivity contribution in [3.05, 3.63) is 53.3 Å². The Morgan fingerprint density at radius 2 is 2.24 bits per heavy atom. The Labute approximate surface area is 125 Å². The second kappa shape index (κ2) is 5.72. The number of hydrogen-bond donors (Lipinski definition) is 1. The zero-order valence-corrected chi connectivity index (χ0v) is 12.5. The van der Waals surface area contributed by atoms with Crippen molar-refractivity contribution in [3.63, 3.8) is 0 Å². The van der Waals surface area contributed by atoms with Gasteiger partial charge in [-0.3, -0.25) is 9.48 Å². The molecule has 4 heteroatoms. The molecule has 1 aliphatic carbocycles. The first-order valence-electron chi connectivity index (χ1n) is 7.48. The fourth-order valence-electron chi connectivity index (χ4n) is 3.12. The van der Waals surface area contributed by atoms with Crippen LogP contribution >= 0.6 is 0 Å². The maximum absolute atomic E-state index is 12.2. The summed E-state index contributed by atoms with van der Waals surface area (Å²) in [6.45, 7) is 2.20. The summed E-state index contributed by atoms with van der Waals surface area (Å²) < 4.78 is 1.77. The molecule has 0 aliphatic heterocycles. The number of benzene rings is 1. The molecule has 1 aliphatic rings. The van der Waals surface area contributed by atoms with Crippen molar-refractivity contribution >= 4 is 5.91 Å². The summed E-state index contributed by atoms with van der Waals surface area (Å²) in [6.07, 6.45) is 6.07. The van der Waals surface area contributed by atoms with Crippen molar-refractivity contribution in [2.24, 2.45) is 13.0 Å². The first-order chi connectivity index (χ1) is 10.1. The summed E-state index contributed by atoms with van der Waals surface area (Å²) in [5, 5.41) is 7.32. The third-order valence-electron chi connectivity index (χ3n) is 4.22. The maximum atomic E-state index is 12.2. The van der Waals surface area contributed by atoms with Gasteiger partial charge in [0.25, 0.3) is 0 Å². The smallest absolute Gasteiger partial charge is 0.220 e. The van der Waals surface area contributed by atoms with Crippen molar-refractivity contribution in [1.82, 2.24) is 15.1 Å². The standard InChI is InChI=1S/C17H21N3O/c1-12-9-14-5-3-4-6-15(14)17(12)19-16(21)8-7-13-10-18-20(2)11-13/h3-6,10-12,17H,7-9H2,1-2H3,(H,19,21)/t12-,17-/m1/s1. The number of hydrogen-bond acceptors (Lipinski definition) is 2. The van der Waals surface area contributed by atoms with E-state index < -0.39 is 0 Å². The molecule has 4 nitrogen and oxygen atoms in total. The predicted molar refractivity (Wildman–Crippen MR) is 81.7 cm³/mol. The van der Waals surface area contributed by atoms with E-state index in [9.17, 15) is 4.79 Å². The highest BCUT2D eigenvalue weighted by Gasteiger charge is 2.29. The van der Waals surface area contributed by atoms with Crippen LogP contribution in [0, 0.1) is 5.92 Å². The molecule has 0 spiro atoms. The van der Waals surface area contributed by atoms with Gasteiger partial charge in [0, 0.05) is 19.7 Å². The Hall–Kier alpha value is -2.10. The van der Waals surface area contributed by atoms with Gasteiger partial charge in [-0.1, -0.05) is 31.2 Å². The molecule has 0 bridgehead atoms. The molecule has 1 N–H and O–H groups in total. The van der Waals surface area contributed by atoms with Crippen LogP contribution in [0.3, 0.4) is 0 Å². The van der Waals surface area contributed by atoms with Crippen LogP contribution < -0.4 is 5.32 Å². The van der Waals surface area contributed by atoms with E-state index in [0.717, 1.165) is 18.4 Å². The molecule has 0 fully saturated rings. The second-order valence-electron chi connectivity index (χ2n) is 5.95. The molecule has 1 amide bonds. The SMILES string of the molecule is C[C@@H]1Cc2ccccc2[C@@H]1NC(=O)CCc1cnn(C)c1. The van der Waals surface area contributed by atoms with E-state index in [1.54, 1.807) is 4.68 Å². The first-order valence-corrected chi connectivity index (χ1v) is 7.48. The van der Waals surface area contributed by atoms with Gasteiger partial charge in [-0.15, -0.1) is 0 Å². The van der Waals surface area contributed by atoms with Gasteiger partial charge in [0.15, 0.2) is 0 Å². The lowest BCUT2D eigenvalue weighted by molar-refractivity contribution is -0.122. The Balaban J connectivity index is 1.60. The summed E-state index contributed by atoms with van der Waals surface area (Å²) >= 11 is 0. The van der Waals surface area contributed by atoms with Crippen LogP contribution in [0.1, 0.15) is 36.1 Å². The van der Waals surface area contributed by atoms with E-state index in [-0.39, 0.29) is 11.9 Å². The van der Waals surface area contributed by atoms with Gasteiger partial charge in [-0.25, -0.2) is 0 Å². The van der Waals surface area contributed by atoms with E-state index in [1.165, 1.54) is 11.1 Å². The van der Waals surface area contributed by atoms with Gasteiger partial charge in [0.05, 0.1) is 12.2 Å². The fraction of sp³-hybridized carbons (Fsp3) is 0.412. The second-order valence-corrected chi connectivity index (χ2v) is 5.95. The van der Waals surface area contributed by atoms with Crippen molar-refractivity contribution in [2.45, 2.75) is 32.2 Å². The summed E-state index contributed by atoms with van der Waals surface area (Å²) in [4.78, 5) is 12.2. The fourth-order valence-corrected chi connectivity index (χ4v) is 3.12. The molecule has 0 radical (unpaired) electrons. The maximum Gasteiger partial charge on any atom is 0.220 e. The molecule has 110 valence electrons. The third kappa shape index (κ3) is 2.99. The number of carbonyl (C=O) groups is 1. The lowest BCUT2D eigenvalue weighted by Crippen LogP contribution is -2.30. The quantitative estimate of drug-likeness (QED) is 0.936.